The number of hydrogen-bond donors (Lipinski definition) is 0. The SMILES string of the molecule is CC(C)c1cccc2c1N1C3=C(CCCC3C2C)N(C)C1C. The summed E-state index contributed by atoms with van der Waals surface area (Å²) < 4.78 is 0. The molecule has 0 spiro atoms. The smallest absolute Gasteiger partial charge is 0.103 e. The molecule has 0 radical (unpaired) electrons. The fourth-order valence-electron chi connectivity index (χ4n) is 4.95. The van der Waals surface area contributed by atoms with Crippen molar-refractivity contribution in [1.29, 1.82) is 0 Å². The van der Waals surface area contributed by atoms with Gasteiger partial charge in [-0.15, -0.1) is 0 Å². The fourth-order valence-corrected chi connectivity index (χ4v) is 4.95. The van der Waals surface area contributed by atoms with E-state index in [1.54, 1.807) is 17.0 Å². The van der Waals surface area contributed by atoms with Crippen LogP contribution >= 0.6 is 0 Å². The van der Waals surface area contributed by atoms with E-state index in [4.69, 9.17) is 0 Å². The molecule has 0 amide bonds. The summed E-state index contributed by atoms with van der Waals surface area (Å²) in [7, 11) is 2.29. The van der Waals surface area contributed by atoms with Crippen molar-refractivity contribution in [2.45, 2.75) is 65.0 Å². The lowest BCUT2D eigenvalue weighted by Crippen LogP contribution is -2.41. The first-order chi connectivity index (χ1) is 10.5. The number of fused-ring (bicyclic) bond motifs is 2. The van der Waals surface area contributed by atoms with Gasteiger partial charge in [0, 0.05) is 30.0 Å². The quantitative estimate of drug-likeness (QED) is 0.716. The van der Waals surface area contributed by atoms with Crippen LogP contribution in [0.3, 0.4) is 0 Å². The zero-order valence-corrected chi connectivity index (χ0v) is 14.6. The van der Waals surface area contributed by atoms with E-state index >= 15 is 0 Å². The van der Waals surface area contributed by atoms with E-state index in [-0.39, 0.29) is 0 Å². The Morgan fingerprint density at radius 2 is 1.95 bits per heavy atom. The Morgan fingerprint density at radius 1 is 1.18 bits per heavy atom. The highest BCUT2D eigenvalue weighted by atomic mass is 15.4. The summed E-state index contributed by atoms with van der Waals surface area (Å²) in [6.45, 7) is 9.47. The number of allylic oxidation sites excluding steroid dienone is 2. The average Bonchev–Trinajstić information content (AvgIpc) is 2.77. The Hall–Kier alpha value is -1.44. The highest BCUT2D eigenvalue weighted by molar-refractivity contribution is 5.71. The molecule has 0 N–H and O–H groups in total. The third-order valence-corrected chi connectivity index (χ3v) is 6.25. The maximum atomic E-state index is 2.68. The first-order valence-electron chi connectivity index (χ1n) is 8.90. The Balaban J connectivity index is 1.99. The highest BCUT2D eigenvalue weighted by Crippen LogP contribution is 2.55. The highest BCUT2D eigenvalue weighted by Gasteiger charge is 2.46. The van der Waals surface area contributed by atoms with Gasteiger partial charge in [0.1, 0.15) is 6.17 Å². The van der Waals surface area contributed by atoms with Gasteiger partial charge in [-0.25, -0.2) is 0 Å². The summed E-state index contributed by atoms with van der Waals surface area (Å²) in [4.78, 5) is 5.21. The van der Waals surface area contributed by atoms with Gasteiger partial charge >= 0.3 is 0 Å². The van der Waals surface area contributed by atoms with Crippen LogP contribution in [-0.2, 0) is 0 Å². The monoisotopic (exact) mass is 296 g/mol. The van der Waals surface area contributed by atoms with Gasteiger partial charge in [0.15, 0.2) is 0 Å². The van der Waals surface area contributed by atoms with Crippen molar-refractivity contribution in [3.8, 4) is 0 Å². The summed E-state index contributed by atoms with van der Waals surface area (Å²) >= 11 is 0. The topological polar surface area (TPSA) is 6.48 Å². The molecule has 0 bridgehead atoms. The Labute approximate surface area is 134 Å². The van der Waals surface area contributed by atoms with Gasteiger partial charge in [-0.05, 0) is 49.1 Å². The van der Waals surface area contributed by atoms with Gasteiger partial charge in [-0.1, -0.05) is 39.0 Å². The fraction of sp³-hybridized carbons (Fsp3) is 0.600. The standard InChI is InChI=1S/C20H28N2/c1-12(2)15-8-6-9-16-13(3)17-10-7-11-18-20(17)22(19(15)16)14(4)21(18)5/h6,8-9,12-14,17H,7,10-11H2,1-5H3. The molecule has 0 saturated carbocycles. The summed E-state index contributed by atoms with van der Waals surface area (Å²) in [6, 6.07) is 6.99. The van der Waals surface area contributed by atoms with Crippen molar-refractivity contribution in [1.82, 2.24) is 4.90 Å². The molecule has 3 atom stereocenters. The van der Waals surface area contributed by atoms with Gasteiger partial charge < -0.3 is 9.80 Å². The van der Waals surface area contributed by atoms with Crippen LogP contribution in [0, 0.1) is 5.92 Å². The van der Waals surface area contributed by atoms with Gasteiger partial charge in [0.05, 0.1) is 0 Å². The van der Waals surface area contributed by atoms with Crippen LogP contribution in [0.4, 0.5) is 5.69 Å². The maximum absolute atomic E-state index is 2.68. The van der Waals surface area contributed by atoms with Crippen LogP contribution in [0.25, 0.3) is 0 Å². The first kappa shape index (κ1) is 14.2. The number of nitrogens with zero attached hydrogens (tertiary/aromatic N) is 2. The lowest BCUT2D eigenvalue weighted by atomic mass is 9.73. The van der Waals surface area contributed by atoms with Crippen molar-refractivity contribution >= 4 is 5.69 Å². The molecule has 1 aliphatic carbocycles. The van der Waals surface area contributed by atoms with E-state index in [1.807, 2.05) is 0 Å². The summed E-state index contributed by atoms with van der Waals surface area (Å²) in [6.07, 6.45) is 4.41. The van der Waals surface area contributed by atoms with Gasteiger partial charge in [-0.2, -0.15) is 0 Å². The van der Waals surface area contributed by atoms with Gasteiger partial charge in [-0.3, -0.25) is 0 Å². The van der Waals surface area contributed by atoms with Crippen molar-refractivity contribution in [2.75, 3.05) is 11.9 Å². The van der Waals surface area contributed by atoms with Crippen molar-refractivity contribution in [3.05, 3.63) is 40.7 Å². The molecule has 0 saturated heterocycles. The van der Waals surface area contributed by atoms with Crippen LogP contribution in [0.5, 0.6) is 0 Å². The molecule has 2 heteroatoms. The van der Waals surface area contributed by atoms with E-state index < -0.39 is 0 Å². The lowest BCUT2D eigenvalue weighted by Gasteiger charge is -2.44. The minimum atomic E-state index is 0.455. The molecule has 2 aliphatic heterocycles. The van der Waals surface area contributed by atoms with E-state index in [0.29, 0.717) is 23.9 Å². The first-order valence-corrected chi connectivity index (χ1v) is 8.90. The molecule has 3 unspecified atom stereocenters. The van der Waals surface area contributed by atoms with Crippen molar-refractivity contribution < 1.29 is 0 Å². The zero-order valence-electron chi connectivity index (χ0n) is 14.6. The molecular formula is C20H28N2. The normalized spacial score (nSPS) is 30.0. The minimum Gasteiger partial charge on any atom is -0.356 e. The van der Waals surface area contributed by atoms with Crippen LogP contribution < -0.4 is 4.90 Å². The third-order valence-electron chi connectivity index (χ3n) is 6.25. The molecule has 22 heavy (non-hydrogen) atoms. The minimum absolute atomic E-state index is 0.455. The zero-order chi connectivity index (χ0) is 15.6. The largest absolute Gasteiger partial charge is 0.356 e. The second-order valence-electron chi connectivity index (χ2n) is 7.67. The summed E-state index contributed by atoms with van der Waals surface area (Å²) in [5.41, 5.74) is 7.87. The second-order valence-corrected chi connectivity index (χ2v) is 7.67. The average molecular weight is 296 g/mol. The number of hydrogen-bond acceptors (Lipinski definition) is 2. The summed E-state index contributed by atoms with van der Waals surface area (Å²) in [5.74, 6) is 1.93. The Morgan fingerprint density at radius 3 is 2.68 bits per heavy atom. The van der Waals surface area contributed by atoms with E-state index in [2.05, 4.69) is 62.7 Å². The van der Waals surface area contributed by atoms with Gasteiger partial charge in [0.2, 0.25) is 0 Å². The number of anilines is 1. The Bertz CT molecular complexity index is 643. The second kappa shape index (κ2) is 4.78. The van der Waals surface area contributed by atoms with Crippen LogP contribution in [0.2, 0.25) is 0 Å². The van der Waals surface area contributed by atoms with Crippen molar-refractivity contribution in [3.63, 3.8) is 0 Å². The molecule has 2 heterocycles. The summed E-state index contributed by atoms with van der Waals surface area (Å²) in [5, 5.41) is 0. The van der Waals surface area contributed by atoms with Gasteiger partial charge in [0.25, 0.3) is 0 Å². The van der Waals surface area contributed by atoms with Crippen LogP contribution in [0.1, 0.15) is 69.9 Å². The molecule has 3 aliphatic rings. The van der Waals surface area contributed by atoms with E-state index in [1.165, 1.54) is 30.5 Å². The van der Waals surface area contributed by atoms with Crippen molar-refractivity contribution in [2.24, 2.45) is 5.92 Å². The number of para-hydroxylation sites is 1. The molecule has 2 nitrogen and oxygen atoms in total. The van der Waals surface area contributed by atoms with Crippen LogP contribution in [-0.4, -0.2) is 18.1 Å². The number of benzene rings is 1. The molecule has 0 fully saturated rings. The predicted molar refractivity (Wildman–Crippen MR) is 93.0 cm³/mol. The molecular weight excluding hydrogens is 268 g/mol. The third kappa shape index (κ3) is 1.67. The Kier molecular flexibility index (Phi) is 3.08. The van der Waals surface area contributed by atoms with E-state index in [9.17, 15) is 0 Å². The predicted octanol–water partition coefficient (Wildman–Crippen LogP) is 5.04. The molecule has 1 aromatic rings. The molecule has 118 valence electrons. The maximum Gasteiger partial charge on any atom is 0.103 e. The van der Waals surface area contributed by atoms with E-state index in [0.717, 1.165) is 0 Å². The molecule has 4 rings (SSSR count). The molecule has 1 aromatic carbocycles. The molecule has 0 aromatic heterocycles. The number of rotatable bonds is 1. The van der Waals surface area contributed by atoms with Crippen LogP contribution in [0.15, 0.2) is 29.6 Å². The lowest BCUT2D eigenvalue weighted by molar-refractivity contribution is 0.343.